The Labute approximate surface area is 147 Å². The van der Waals surface area contributed by atoms with E-state index in [9.17, 15) is 4.79 Å². The predicted molar refractivity (Wildman–Crippen MR) is 96.6 cm³/mol. The van der Waals surface area contributed by atoms with Crippen LogP contribution in [0.2, 0.25) is 0 Å². The maximum absolute atomic E-state index is 12.5. The minimum Gasteiger partial charge on any atom is -0.515 e. The van der Waals surface area contributed by atoms with Gasteiger partial charge in [-0.1, -0.05) is 26.7 Å². The average molecular weight is 331 g/mol. The molecule has 7 atom stereocenters. The third-order valence-corrected chi connectivity index (χ3v) is 9.17. The molecule has 4 rings (SSSR count). The van der Waals surface area contributed by atoms with Gasteiger partial charge in [0, 0.05) is 12.0 Å². The first-order chi connectivity index (χ1) is 11.5. The highest BCUT2D eigenvalue weighted by Crippen LogP contribution is 2.67. The van der Waals surface area contributed by atoms with Crippen LogP contribution in [0, 0.1) is 40.4 Å². The molecule has 4 saturated carbocycles. The number of hydrogen-bond acceptors (Lipinski definition) is 2. The van der Waals surface area contributed by atoms with Crippen LogP contribution in [0.3, 0.4) is 0 Å². The van der Waals surface area contributed by atoms with Gasteiger partial charge in [-0.15, -0.1) is 0 Å². The van der Waals surface area contributed by atoms with Crippen molar-refractivity contribution >= 4 is 5.78 Å². The normalized spacial score (nSPS) is 51.0. The summed E-state index contributed by atoms with van der Waals surface area (Å²) in [5.41, 5.74) is 0.755. The fourth-order valence-corrected chi connectivity index (χ4v) is 7.95. The number of hydrogen-bond donors (Lipinski definition) is 1. The molecule has 2 nitrogen and oxygen atoms in total. The number of rotatable bonds is 2. The summed E-state index contributed by atoms with van der Waals surface area (Å²) in [7, 11) is 0. The van der Waals surface area contributed by atoms with Gasteiger partial charge in [0.15, 0.2) is 5.78 Å². The van der Waals surface area contributed by atoms with Gasteiger partial charge in [-0.05, 0) is 85.9 Å². The summed E-state index contributed by atoms with van der Waals surface area (Å²) < 4.78 is 0. The molecule has 0 heterocycles. The average Bonchev–Trinajstić information content (AvgIpc) is 2.92. The number of allylic oxidation sites excluding steroid dienone is 1. The van der Waals surface area contributed by atoms with E-state index in [1.165, 1.54) is 63.9 Å². The molecule has 0 bridgehead atoms. The maximum Gasteiger partial charge on any atom is 0.162 e. The second-order valence-electron chi connectivity index (χ2n) is 9.80. The van der Waals surface area contributed by atoms with Crippen LogP contribution in [0.1, 0.15) is 78.1 Å². The first kappa shape index (κ1) is 16.7. The molecule has 0 aromatic rings. The van der Waals surface area contributed by atoms with E-state index in [1.807, 2.05) is 0 Å². The Hall–Kier alpha value is -0.790. The number of aliphatic hydroxyl groups excluding tert-OH is 1. The third kappa shape index (κ3) is 2.24. The van der Waals surface area contributed by atoms with Crippen LogP contribution < -0.4 is 0 Å². The monoisotopic (exact) mass is 330 g/mol. The van der Waals surface area contributed by atoms with Crippen LogP contribution in [0.25, 0.3) is 0 Å². The molecule has 4 fully saturated rings. The van der Waals surface area contributed by atoms with Crippen LogP contribution in [-0.4, -0.2) is 10.9 Å². The van der Waals surface area contributed by atoms with Crippen LogP contribution in [0.15, 0.2) is 12.3 Å². The zero-order chi connectivity index (χ0) is 16.9. The van der Waals surface area contributed by atoms with Crippen molar-refractivity contribution in [3.63, 3.8) is 0 Å². The highest BCUT2D eigenvalue weighted by molar-refractivity contribution is 5.92. The zero-order valence-electron chi connectivity index (χ0n) is 15.5. The summed E-state index contributed by atoms with van der Waals surface area (Å²) in [5.74, 6) is 3.75. The molecule has 0 aliphatic heterocycles. The fraction of sp³-hybridized carbons (Fsp3) is 0.864. The molecule has 0 aromatic carbocycles. The lowest BCUT2D eigenvalue weighted by Gasteiger charge is -2.60. The molecule has 0 aromatic heterocycles. The second kappa shape index (κ2) is 5.88. The van der Waals surface area contributed by atoms with E-state index in [0.717, 1.165) is 36.4 Å². The lowest BCUT2D eigenvalue weighted by atomic mass is 9.45. The Morgan fingerprint density at radius 3 is 2.50 bits per heavy atom. The summed E-state index contributed by atoms with van der Waals surface area (Å²) in [4.78, 5) is 12.5. The molecule has 24 heavy (non-hydrogen) atoms. The summed E-state index contributed by atoms with van der Waals surface area (Å²) in [5, 5.41) is 9.03. The molecule has 0 saturated heterocycles. The lowest BCUT2D eigenvalue weighted by Crippen LogP contribution is -2.53. The highest BCUT2D eigenvalue weighted by atomic mass is 16.2. The Morgan fingerprint density at radius 2 is 1.71 bits per heavy atom. The number of fused-ring (bicyclic) bond motifs is 5. The van der Waals surface area contributed by atoms with Crippen LogP contribution in [0.4, 0.5) is 0 Å². The molecular formula is C22H34O2. The SMILES string of the molecule is C[C@]12CC[C@H]3[C@@H](CCC4CCCC[C@@]43C)[C@@H]1CC[C@@H]2C(=O)C=CO. The lowest BCUT2D eigenvalue weighted by molar-refractivity contribution is -0.131. The van der Waals surface area contributed by atoms with Gasteiger partial charge in [0.1, 0.15) is 0 Å². The van der Waals surface area contributed by atoms with Gasteiger partial charge in [-0.2, -0.15) is 0 Å². The van der Waals surface area contributed by atoms with Crippen LogP contribution in [0.5, 0.6) is 0 Å². The van der Waals surface area contributed by atoms with Gasteiger partial charge >= 0.3 is 0 Å². The van der Waals surface area contributed by atoms with Gasteiger partial charge in [0.25, 0.3) is 0 Å². The molecule has 0 spiro atoms. The molecular weight excluding hydrogens is 296 g/mol. The topological polar surface area (TPSA) is 37.3 Å². The van der Waals surface area contributed by atoms with E-state index in [2.05, 4.69) is 13.8 Å². The van der Waals surface area contributed by atoms with Crippen molar-refractivity contribution in [2.75, 3.05) is 0 Å². The number of aliphatic hydroxyl groups is 1. The Bertz CT molecular complexity index is 538. The molecule has 1 unspecified atom stereocenters. The van der Waals surface area contributed by atoms with E-state index in [0.29, 0.717) is 5.41 Å². The number of carbonyl (C=O) groups is 1. The summed E-state index contributed by atoms with van der Waals surface area (Å²) >= 11 is 0. The molecule has 0 radical (unpaired) electrons. The van der Waals surface area contributed by atoms with Crippen molar-refractivity contribution in [1.29, 1.82) is 0 Å². The first-order valence-electron chi connectivity index (χ1n) is 10.4. The van der Waals surface area contributed by atoms with Gasteiger partial charge < -0.3 is 5.11 Å². The van der Waals surface area contributed by atoms with Crippen molar-refractivity contribution in [2.45, 2.75) is 78.1 Å². The minimum atomic E-state index is 0.142. The Morgan fingerprint density at radius 1 is 0.917 bits per heavy atom. The van der Waals surface area contributed by atoms with E-state index in [1.54, 1.807) is 0 Å². The zero-order valence-corrected chi connectivity index (χ0v) is 15.5. The summed E-state index contributed by atoms with van der Waals surface area (Å²) in [6.07, 6.45) is 15.8. The molecule has 1 N–H and O–H groups in total. The Kier molecular flexibility index (Phi) is 4.09. The number of carbonyl (C=O) groups excluding carboxylic acids is 1. The molecule has 134 valence electrons. The van der Waals surface area contributed by atoms with Gasteiger partial charge in [-0.25, -0.2) is 0 Å². The van der Waals surface area contributed by atoms with Crippen molar-refractivity contribution < 1.29 is 9.90 Å². The number of ketones is 1. The van der Waals surface area contributed by atoms with Crippen molar-refractivity contribution in [3.05, 3.63) is 12.3 Å². The quantitative estimate of drug-likeness (QED) is 0.522. The van der Waals surface area contributed by atoms with E-state index < -0.39 is 0 Å². The van der Waals surface area contributed by atoms with E-state index >= 15 is 0 Å². The van der Waals surface area contributed by atoms with Gasteiger partial charge in [0.2, 0.25) is 0 Å². The van der Waals surface area contributed by atoms with Crippen LogP contribution >= 0.6 is 0 Å². The standard InChI is InChI=1S/C22H34O2/c1-21-12-4-3-5-15(21)6-7-16-17-8-9-19(20(24)11-14-23)22(17,2)13-10-18(16)21/h11,14-19,23H,3-10,12-13H2,1-2H3/t15?,16-,17-,18-,19+,21-,22-/m0/s1. The summed E-state index contributed by atoms with van der Waals surface area (Å²) in [6, 6.07) is 0. The van der Waals surface area contributed by atoms with E-state index in [-0.39, 0.29) is 17.1 Å². The maximum atomic E-state index is 12.5. The molecule has 0 amide bonds. The second-order valence-corrected chi connectivity index (χ2v) is 9.80. The van der Waals surface area contributed by atoms with Gasteiger partial charge in [0.05, 0.1) is 6.26 Å². The van der Waals surface area contributed by atoms with Crippen molar-refractivity contribution in [2.24, 2.45) is 40.4 Å². The largest absolute Gasteiger partial charge is 0.515 e. The minimum absolute atomic E-state index is 0.142. The highest BCUT2D eigenvalue weighted by Gasteiger charge is 2.60. The molecule has 4 aliphatic rings. The van der Waals surface area contributed by atoms with Crippen LogP contribution in [-0.2, 0) is 4.79 Å². The molecule has 4 aliphatic carbocycles. The smallest absolute Gasteiger partial charge is 0.162 e. The van der Waals surface area contributed by atoms with E-state index in [4.69, 9.17) is 5.11 Å². The predicted octanol–water partition coefficient (Wildman–Crippen LogP) is 5.68. The third-order valence-electron chi connectivity index (χ3n) is 9.17. The van der Waals surface area contributed by atoms with Crippen molar-refractivity contribution in [3.8, 4) is 0 Å². The first-order valence-corrected chi connectivity index (χ1v) is 10.4. The summed E-state index contributed by atoms with van der Waals surface area (Å²) in [6.45, 7) is 5.01. The molecule has 2 heteroatoms. The van der Waals surface area contributed by atoms with Gasteiger partial charge in [-0.3, -0.25) is 4.79 Å². The Balaban J connectivity index is 1.60. The fourth-order valence-electron chi connectivity index (χ4n) is 7.95. The van der Waals surface area contributed by atoms with Crippen molar-refractivity contribution in [1.82, 2.24) is 0 Å².